The minimum absolute atomic E-state index is 0.600. The zero-order valence-electron chi connectivity index (χ0n) is 8.35. The van der Waals surface area contributed by atoms with Gasteiger partial charge in [0.15, 0.2) is 0 Å². The molecule has 1 aromatic rings. The van der Waals surface area contributed by atoms with Gasteiger partial charge in [0, 0.05) is 25.3 Å². The summed E-state index contributed by atoms with van der Waals surface area (Å²) in [6.45, 7) is 2.92. The third-order valence-electron chi connectivity index (χ3n) is 3.20. The summed E-state index contributed by atoms with van der Waals surface area (Å²) in [5.74, 6) is 1.51. The molecule has 0 radical (unpaired) electrons. The topological polar surface area (TPSA) is 27.1 Å². The van der Waals surface area contributed by atoms with Crippen LogP contribution in [0.3, 0.4) is 0 Å². The Bertz CT molecular complexity index is 311. The van der Waals surface area contributed by atoms with Gasteiger partial charge in [0.25, 0.3) is 0 Å². The lowest BCUT2D eigenvalue weighted by atomic mass is 10.0. The van der Waals surface area contributed by atoms with E-state index in [-0.39, 0.29) is 0 Å². The second-order valence-corrected chi connectivity index (χ2v) is 4.50. The zero-order chi connectivity index (χ0) is 9.38. The minimum Gasteiger partial charge on any atom is -0.381 e. The van der Waals surface area contributed by atoms with E-state index < -0.39 is 0 Å². The van der Waals surface area contributed by atoms with Crippen LogP contribution >= 0.6 is 0 Å². The molecule has 1 aromatic heterocycles. The fourth-order valence-electron chi connectivity index (χ4n) is 2.05. The molecule has 0 N–H and O–H groups in total. The molecule has 2 heterocycles. The monoisotopic (exact) mass is 192 g/mol. The number of ether oxygens (including phenoxy) is 1. The van der Waals surface area contributed by atoms with E-state index in [2.05, 4.69) is 16.0 Å². The number of rotatable bonds is 3. The summed E-state index contributed by atoms with van der Waals surface area (Å²) in [4.78, 5) is 0. The van der Waals surface area contributed by atoms with E-state index >= 15 is 0 Å². The fraction of sp³-hybridized carbons (Fsp3) is 0.727. The highest BCUT2D eigenvalue weighted by atomic mass is 16.5. The van der Waals surface area contributed by atoms with E-state index in [9.17, 15) is 0 Å². The van der Waals surface area contributed by atoms with Gasteiger partial charge in [-0.1, -0.05) is 0 Å². The predicted octanol–water partition coefficient (Wildman–Crippen LogP) is 1.80. The highest BCUT2D eigenvalue weighted by molar-refractivity contribution is 5.12. The zero-order valence-corrected chi connectivity index (χ0v) is 8.35. The molecular weight excluding hydrogens is 176 g/mol. The van der Waals surface area contributed by atoms with E-state index in [4.69, 9.17) is 4.74 Å². The Morgan fingerprint density at radius 3 is 3.07 bits per heavy atom. The lowest BCUT2D eigenvalue weighted by Crippen LogP contribution is -2.00. The highest BCUT2D eigenvalue weighted by Crippen LogP contribution is 2.31. The van der Waals surface area contributed by atoms with Crippen LogP contribution in [0.2, 0.25) is 0 Å². The molecule has 1 unspecified atom stereocenters. The third kappa shape index (κ3) is 1.69. The Hall–Kier alpha value is -0.830. The summed E-state index contributed by atoms with van der Waals surface area (Å²) < 4.78 is 7.48. The van der Waals surface area contributed by atoms with Crippen molar-refractivity contribution in [1.82, 2.24) is 9.78 Å². The average molecular weight is 192 g/mol. The maximum absolute atomic E-state index is 5.38. The Labute approximate surface area is 84.1 Å². The van der Waals surface area contributed by atoms with Crippen LogP contribution in [0.15, 0.2) is 12.4 Å². The molecule has 3 nitrogen and oxygen atoms in total. The van der Waals surface area contributed by atoms with Crippen molar-refractivity contribution >= 4 is 0 Å². The van der Waals surface area contributed by atoms with Crippen LogP contribution in [0.5, 0.6) is 0 Å². The molecule has 0 aromatic carbocycles. The fourth-order valence-corrected chi connectivity index (χ4v) is 2.05. The van der Waals surface area contributed by atoms with Crippen molar-refractivity contribution in [3.8, 4) is 0 Å². The molecule has 1 aliphatic carbocycles. The Kier molecular flexibility index (Phi) is 2.05. The molecule has 1 saturated heterocycles. The van der Waals surface area contributed by atoms with Crippen molar-refractivity contribution in [2.45, 2.75) is 31.7 Å². The molecule has 3 heteroatoms. The van der Waals surface area contributed by atoms with Crippen LogP contribution < -0.4 is 0 Å². The molecular formula is C11H16N2O. The smallest absolute Gasteiger partial charge is 0.0536 e. The molecule has 1 aliphatic heterocycles. The van der Waals surface area contributed by atoms with Crippen molar-refractivity contribution < 1.29 is 4.74 Å². The first-order chi connectivity index (χ1) is 6.92. The molecule has 2 aliphatic rings. The second-order valence-electron chi connectivity index (χ2n) is 4.50. The lowest BCUT2D eigenvalue weighted by Gasteiger charge is -2.02. The molecule has 3 rings (SSSR count). The first-order valence-corrected chi connectivity index (χ1v) is 5.52. The van der Waals surface area contributed by atoms with Gasteiger partial charge in [-0.25, -0.2) is 0 Å². The van der Waals surface area contributed by atoms with E-state index in [1.807, 2.05) is 6.20 Å². The molecule has 1 saturated carbocycles. The maximum Gasteiger partial charge on any atom is 0.0536 e. The number of nitrogens with zero attached hydrogens (tertiary/aromatic N) is 2. The van der Waals surface area contributed by atoms with Gasteiger partial charge in [-0.15, -0.1) is 0 Å². The Morgan fingerprint density at radius 2 is 2.36 bits per heavy atom. The first kappa shape index (κ1) is 8.48. The normalized spacial score (nSPS) is 27.0. The van der Waals surface area contributed by atoms with Crippen molar-refractivity contribution in [2.24, 2.45) is 5.92 Å². The predicted molar refractivity (Wildman–Crippen MR) is 53.1 cm³/mol. The molecule has 0 bridgehead atoms. The summed E-state index contributed by atoms with van der Waals surface area (Å²) in [5, 5.41) is 4.40. The molecule has 76 valence electrons. The highest BCUT2D eigenvalue weighted by Gasteiger charge is 2.23. The van der Waals surface area contributed by atoms with Crippen LogP contribution in [-0.2, 0) is 11.3 Å². The van der Waals surface area contributed by atoms with E-state index in [1.165, 1.54) is 18.4 Å². The van der Waals surface area contributed by atoms with E-state index in [0.29, 0.717) is 5.92 Å². The van der Waals surface area contributed by atoms with Gasteiger partial charge in [-0.2, -0.15) is 5.10 Å². The standard InChI is InChI=1S/C11H16N2O/c1-2-9(1)6-13-7-11(5-12-13)10-3-4-14-8-10/h5,7,9-10H,1-4,6,8H2. The summed E-state index contributed by atoms with van der Waals surface area (Å²) in [5.41, 5.74) is 1.36. The Balaban J connectivity index is 1.68. The first-order valence-electron chi connectivity index (χ1n) is 5.52. The van der Waals surface area contributed by atoms with Crippen LogP contribution in [-0.4, -0.2) is 23.0 Å². The largest absolute Gasteiger partial charge is 0.381 e. The van der Waals surface area contributed by atoms with Crippen molar-refractivity contribution in [2.75, 3.05) is 13.2 Å². The minimum atomic E-state index is 0.600. The van der Waals surface area contributed by atoms with Crippen molar-refractivity contribution in [3.05, 3.63) is 18.0 Å². The van der Waals surface area contributed by atoms with Crippen LogP contribution in [0.25, 0.3) is 0 Å². The van der Waals surface area contributed by atoms with Gasteiger partial charge in [-0.05, 0) is 30.7 Å². The molecule has 0 amide bonds. The van der Waals surface area contributed by atoms with Crippen LogP contribution in [0, 0.1) is 5.92 Å². The summed E-state index contributed by atoms with van der Waals surface area (Å²) in [6, 6.07) is 0. The van der Waals surface area contributed by atoms with Gasteiger partial charge < -0.3 is 4.74 Å². The van der Waals surface area contributed by atoms with Gasteiger partial charge >= 0.3 is 0 Å². The van der Waals surface area contributed by atoms with E-state index in [0.717, 1.165) is 32.1 Å². The van der Waals surface area contributed by atoms with Crippen molar-refractivity contribution in [3.63, 3.8) is 0 Å². The quantitative estimate of drug-likeness (QED) is 0.730. The third-order valence-corrected chi connectivity index (χ3v) is 3.20. The van der Waals surface area contributed by atoms with Crippen molar-refractivity contribution in [1.29, 1.82) is 0 Å². The Morgan fingerprint density at radius 1 is 1.43 bits per heavy atom. The number of hydrogen-bond acceptors (Lipinski definition) is 2. The van der Waals surface area contributed by atoms with Gasteiger partial charge in [0.05, 0.1) is 12.8 Å². The summed E-state index contributed by atoms with van der Waals surface area (Å²) in [7, 11) is 0. The van der Waals surface area contributed by atoms with E-state index in [1.54, 1.807) is 0 Å². The molecule has 2 fully saturated rings. The number of hydrogen-bond donors (Lipinski definition) is 0. The van der Waals surface area contributed by atoms with Gasteiger partial charge in [0.1, 0.15) is 0 Å². The molecule has 14 heavy (non-hydrogen) atoms. The van der Waals surface area contributed by atoms with Gasteiger partial charge in [-0.3, -0.25) is 4.68 Å². The molecule has 1 atom stereocenters. The summed E-state index contributed by atoms with van der Waals surface area (Å²) in [6.07, 6.45) is 8.16. The SMILES string of the molecule is c1nn(CC2CC2)cc1C1CCOC1. The molecule has 0 spiro atoms. The van der Waals surface area contributed by atoms with Gasteiger partial charge in [0.2, 0.25) is 0 Å². The summed E-state index contributed by atoms with van der Waals surface area (Å²) >= 11 is 0. The number of aromatic nitrogens is 2. The van der Waals surface area contributed by atoms with Crippen LogP contribution in [0.4, 0.5) is 0 Å². The van der Waals surface area contributed by atoms with Crippen LogP contribution in [0.1, 0.15) is 30.7 Å². The maximum atomic E-state index is 5.38. The lowest BCUT2D eigenvalue weighted by molar-refractivity contribution is 0.194. The average Bonchev–Trinajstić information content (AvgIpc) is 2.71. The second kappa shape index (κ2) is 3.39.